The summed E-state index contributed by atoms with van der Waals surface area (Å²) in [6, 6.07) is 35.6. The lowest BCUT2D eigenvalue weighted by Gasteiger charge is -2.52. The van der Waals surface area contributed by atoms with Crippen molar-refractivity contribution in [2.45, 2.75) is 160 Å². The first kappa shape index (κ1) is 61.3. The minimum Gasteiger partial charge on any atom is -0.463 e. The number of esters is 4. The van der Waals surface area contributed by atoms with E-state index in [4.69, 9.17) is 61.6 Å². The Hall–Kier alpha value is -6.80. The molecule has 3 saturated heterocycles. The Labute approximate surface area is 474 Å². The van der Waals surface area contributed by atoms with E-state index in [9.17, 15) is 39.0 Å². The molecule has 2 N–H and O–H groups in total. The lowest BCUT2D eigenvalue weighted by molar-refractivity contribution is -0.377. The highest BCUT2D eigenvalue weighted by molar-refractivity contribution is 6.19. The summed E-state index contributed by atoms with van der Waals surface area (Å²) < 4.78 is 82.7. The van der Waals surface area contributed by atoms with E-state index < -0.39 is 141 Å². The Bertz CT molecular complexity index is 2780. The summed E-state index contributed by atoms with van der Waals surface area (Å²) >= 11 is 0. The third-order valence-corrected chi connectivity index (χ3v) is 14.1. The molecule has 22 nitrogen and oxygen atoms in total. The molecule has 0 aromatic heterocycles. The van der Waals surface area contributed by atoms with Crippen molar-refractivity contribution in [3.05, 3.63) is 155 Å². The summed E-state index contributed by atoms with van der Waals surface area (Å²) in [4.78, 5) is 80.8. The molecule has 0 bridgehead atoms. The monoisotopic (exact) mass is 1140 g/mol. The van der Waals surface area contributed by atoms with Gasteiger partial charge in [0.2, 0.25) is 0 Å². The van der Waals surface area contributed by atoms with Gasteiger partial charge in [-0.15, -0.1) is 0 Å². The Kier molecular flexibility index (Phi) is 21.6. The Balaban J connectivity index is 1.25. The van der Waals surface area contributed by atoms with Crippen LogP contribution in [-0.2, 0) is 117 Å². The van der Waals surface area contributed by atoms with E-state index in [1.165, 1.54) is 13.8 Å². The van der Waals surface area contributed by atoms with Crippen LogP contribution in [0.1, 0.15) is 63.8 Å². The quantitative estimate of drug-likeness (QED) is 0.0562. The standard InChI is InChI=1S/C60H69NO21/c1-34-35(2)57(69)61(56(34)68)47-51(82-60-55(77-39(6)66)53(76-38(5)65)50(75-37(4)64)46(80-60)33-71-36(3)63)48(67)44(27-62)78-58(47)81-49-45(32-70-28-40-19-11-7-12-20-40)79-59(74-31-43-25-17-10-18-26-43)54(73-30-42-23-15-9-16-24-42)52(49)72-29-41-21-13-8-14-22-41/h7-26,44-55,58-60,62,67H,27-33H2,1-6H3/t44-,45-,46-,47-,48-,49-,50+,51-,52+,53+,54-,55-,58+,59-,60+/m1/s1. The number of amides is 2. The van der Waals surface area contributed by atoms with Crippen LogP contribution >= 0.6 is 0 Å². The van der Waals surface area contributed by atoms with Gasteiger partial charge in [-0.25, -0.2) is 0 Å². The van der Waals surface area contributed by atoms with Crippen molar-refractivity contribution in [2.24, 2.45) is 0 Å². The van der Waals surface area contributed by atoms with Gasteiger partial charge in [-0.2, -0.15) is 0 Å². The lowest BCUT2D eigenvalue weighted by atomic mass is 9.93. The van der Waals surface area contributed by atoms with Gasteiger partial charge in [0.05, 0.1) is 39.6 Å². The summed E-state index contributed by atoms with van der Waals surface area (Å²) in [5, 5.41) is 23.5. The van der Waals surface area contributed by atoms with Crippen LogP contribution in [0.4, 0.5) is 0 Å². The molecule has 82 heavy (non-hydrogen) atoms. The molecule has 0 saturated carbocycles. The first-order chi connectivity index (χ1) is 39.5. The third-order valence-electron chi connectivity index (χ3n) is 14.1. The summed E-state index contributed by atoms with van der Waals surface area (Å²) in [7, 11) is 0. The summed E-state index contributed by atoms with van der Waals surface area (Å²) in [5.74, 6) is -5.26. The molecule has 0 aliphatic carbocycles. The van der Waals surface area contributed by atoms with Gasteiger partial charge in [0.25, 0.3) is 11.8 Å². The number of aliphatic hydroxyl groups excluding tert-OH is 2. The van der Waals surface area contributed by atoms with Crippen LogP contribution in [0.5, 0.6) is 0 Å². The van der Waals surface area contributed by atoms with E-state index in [1.807, 2.05) is 121 Å². The molecular formula is C60H69NO21. The molecule has 4 aromatic rings. The Morgan fingerprint density at radius 2 is 0.890 bits per heavy atom. The van der Waals surface area contributed by atoms with Crippen molar-refractivity contribution in [1.82, 2.24) is 4.90 Å². The second-order valence-corrected chi connectivity index (χ2v) is 20.1. The number of ether oxygens (including phenoxy) is 13. The van der Waals surface area contributed by atoms with E-state index in [2.05, 4.69) is 0 Å². The van der Waals surface area contributed by atoms with Crippen LogP contribution in [0.15, 0.2) is 132 Å². The predicted molar refractivity (Wildman–Crippen MR) is 283 cm³/mol. The van der Waals surface area contributed by atoms with Crippen molar-refractivity contribution in [3.63, 3.8) is 0 Å². The van der Waals surface area contributed by atoms with E-state index in [0.717, 1.165) is 54.8 Å². The highest BCUT2D eigenvalue weighted by atomic mass is 16.8. The Morgan fingerprint density at radius 1 is 0.463 bits per heavy atom. The zero-order valence-corrected chi connectivity index (χ0v) is 46.3. The molecule has 0 unspecified atom stereocenters. The molecular weight excluding hydrogens is 1070 g/mol. The molecule has 2 amide bonds. The number of imide groups is 1. The second kappa shape index (κ2) is 28.9. The Morgan fingerprint density at radius 3 is 1.39 bits per heavy atom. The number of nitrogens with zero attached hydrogens (tertiary/aromatic N) is 1. The van der Waals surface area contributed by atoms with E-state index >= 15 is 0 Å². The molecule has 22 heteroatoms. The lowest BCUT2D eigenvalue weighted by Crippen LogP contribution is -2.71. The van der Waals surface area contributed by atoms with Crippen molar-refractivity contribution in [3.8, 4) is 0 Å². The average molecular weight is 1140 g/mol. The molecule has 4 aromatic carbocycles. The minimum atomic E-state index is -1.97. The van der Waals surface area contributed by atoms with Crippen LogP contribution in [0.2, 0.25) is 0 Å². The molecule has 3 fully saturated rings. The summed E-state index contributed by atoms with van der Waals surface area (Å²) in [6.45, 7) is 5.53. The van der Waals surface area contributed by atoms with Gasteiger partial charge in [-0.1, -0.05) is 121 Å². The SMILES string of the molecule is CC(=O)OC[C@H]1O[C@@H](O[C@H]2[C@H](O)[C@@H](CO)O[C@@H](O[C@H]3[C@H](OCc4ccccc4)[C@@H](OCc4ccccc4)[C@H](OCc4ccccc4)O[C@@H]3COCc3ccccc3)[C@@H]2N2C(=O)C(C)=C(C)C2=O)[C@H](OC(C)=O)[C@@H](OC(C)=O)[C@H]1OC(C)=O. The van der Waals surface area contributed by atoms with Crippen LogP contribution < -0.4 is 0 Å². The maximum absolute atomic E-state index is 14.6. The van der Waals surface area contributed by atoms with Gasteiger partial charge in [0, 0.05) is 38.8 Å². The van der Waals surface area contributed by atoms with Gasteiger partial charge < -0.3 is 71.8 Å². The van der Waals surface area contributed by atoms with Gasteiger partial charge in [0.1, 0.15) is 61.5 Å². The van der Waals surface area contributed by atoms with Crippen LogP contribution in [0, 0.1) is 0 Å². The van der Waals surface area contributed by atoms with Crippen LogP contribution in [-0.4, -0.2) is 163 Å². The van der Waals surface area contributed by atoms with Gasteiger partial charge in [-0.3, -0.25) is 33.7 Å². The molecule has 15 atom stereocenters. The number of carbonyl (C=O) groups is 6. The van der Waals surface area contributed by atoms with Crippen molar-refractivity contribution >= 4 is 35.7 Å². The van der Waals surface area contributed by atoms with Crippen molar-refractivity contribution < 1.29 is 101 Å². The average Bonchev–Trinajstić information content (AvgIpc) is 3.64. The van der Waals surface area contributed by atoms with E-state index in [-0.39, 0.29) is 44.2 Å². The second-order valence-electron chi connectivity index (χ2n) is 20.1. The number of aliphatic hydroxyl groups is 2. The summed E-state index contributed by atoms with van der Waals surface area (Å²) in [5.41, 5.74) is 3.25. The molecule has 4 aliphatic heterocycles. The topological polar surface area (TPSA) is 266 Å². The van der Waals surface area contributed by atoms with Gasteiger partial charge in [0.15, 0.2) is 37.2 Å². The smallest absolute Gasteiger partial charge is 0.303 e. The van der Waals surface area contributed by atoms with Gasteiger partial charge >= 0.3 is 23.9 Å². The first-order valence-corrected chi connectivity index (χ1v) is 26.9. The first-order valence-electron chi connectivity index (χ1n) is 26.9. The highest BCUT2D eigenvalue weighted by Crippen LogP contribution is 2.40. The van der Waals surface area contributed by atoms with E-state index in [0.29, 0.717) is 0 Å². The highest BCUT2D eigenvalue weighted by Gasteiger charge is 2.60. The molecule has 4 aliphatic rings. The fraction of sp³-hybridized carbons (Fsp3) is 0.467. The largest absolute Gasteiger partial charge is 0.463 e. The normalized spacial score (nSPS) is 29.3. The molecule has 8 rings (SSSR count). The predicted octanol–water partition coefficient (Wildman–Crippen LogP) is 4.32. The maximum Gasteiger partial charge on any atom is 0.303 e. The zero-order chi connectivity index (χ0) is 58.5. The zero-order valence-electron chi connectivity index (χ0n) is 46.3. The third kappa shape index (κ3) is 15.4. The van der Waals surface area contributed by atoms with Crippen LogP contribution in [0.25, 0.3) is 0 Å². The maximum atomic E-state index is 14.6. The number of benzene rings is 4. The number of carbonyl (C=O) groups excluding carboxylic acids is 6. The van der Waals surface area contributed by atoms with Crippen molar-refractivity contribution in [1.29, 1.82) is 0 Å². The molecule has 0 spiro atoms. The fourth-order valence-corrected chi connectivity index (χ4v) is 10.1. The van der Waals surface area contributed by atoms with E-state index in [1.54, 1.807) is 0 Å². The number of rotatable bonds is 24. The van der Waals surface area contributed by atoms with Crippen LogP contribution in [0.3, 0.4) is 0 Å². The fourth-order valence-electron chi connectivity index (χ4n) is 10.1. The summed E-state index contributed by atoms with van der Waals surface area (Å²) in [6.07, 6.45) is -22.1. The number of hydrogen-bond donors (Lipinski definition) is 2. The van der Waals surface area contributed by atoms with Gasteiger partial charge in [-0.05, 0) is 36.1 Å². The molecule has 0 radical (unpaired) electrons. The number of hydrogen-bond acceptors (Lipinski definition) is 21. The molecule has 440 valence electrons. The molecule has 4 heterocycles. The van der Waals surface area contributed by atoms with Crippen molar-refractivity contribution in [2.75, 3.05) is 19.8 Å². The minimum absolute atomic E-state index is 0.0213.